The molecule has 0 fully saturated rings. The van der Waals surface area contributed by atoms with Crippen LogP contribution < -0.4 is 21.9 Å². The Labute approximate surface area is 184 Å². The minimum Gasteiger partial charge on any atom is -0.490 e. The first-order chi connectivity index (χ1) is 15.6. The molecule has 0 unspecified atom stereocenters. The number of hydrogen-bond acceptors (Lipinski definition) is 8. The molecule has 0 aliphatic carbocycles. The van der Waals surface area contributed by atoms with Crippen molar-refractivity contribution in [2.45, 2.75) is 26.3 Å². The highest BCUT2D eigenvalue weighted by atomic mass is 16.6. The van der Waals surface area contributed by atoms with Gasteiger partial charge in [0.2, 0.25) is 0 Å². The Balaban J connectivity index is 1.75. The maximum Gasteiger partial charge on any atom is 0.199 e. The first-order valence-electron chi connectivity index (χ1n) is 10.3. The Kier molecular flexibility index (Phi) is 6.15. The van der Waals surface area contributed by atoms with Crippen LogP contribution in [0.1, 0.15) is 19.8 Å². The summed E-state index contributed by atoms with van der Waals surface area (Å²) in [5.41, 5.74) is 20.2. The van der Waals surface area contributed by atoms with Crippen molar-refractivity contribution in [3.8, 4) is 28.5 Å². The molecular weight excluding hydrogens is 410 g/mol. The average molecular weight is 435 g/mol. The Hall–Kier alpha value is -4.15. The Bertz CT molecular complexity index is 1230. The number of benzene rings is 1. The fraction of sp³-hybridized carbons (Fsp3) is 0.286. The fourth-order valence-electron chi connectivity index (χ4n) is 3.47. The smallest absolute Gasteiger partial charge is 0.199 e. The molecule has 6 N–H and O–H groups in total. The second kappa shape index (κ2) is 9.33. The highest BCUT2D eigenvalue weighted by Gasteiger charge is 2.23. The van der Waals surface area contributed by atoms with E-state index in [1.54, 1.807) is 6.20 Å². The number of imidazole rings is 1. The topological polar surface area (TPSA) is 169 Å². The van der Waals surface area contributed by atoms with Gasteiger partial charge in [-0.2, -0.15) is 0 Å². The number of rotatable bonds is 9. The van der Waals surface area contributed by atoms with Gasteiger partial charge in [0.1, 0.15) is 11.0 Å². The summed E-state index contributed by atoms with van der Waals surface area (Å²) in [5.74, 6) is 1.43. The molecule has 0 aliphatic rings. The normalized spacial score (nSPS) is 11.0. The molecule has 4 aromatic rings. The van der Waals surface area contributed by atoms with Crippen LogP contribution in [0.5, 0.6) is 5.75 Å². The van der Waals surface area contributed by atoms with E-state index in [-0.39, 0.29) is 11.8 Å². The molecule has 166 valence electrons. The first-order valence-corrected chi connectivity index (χ1v) is 10.3. The van der Waals surface area contributed by atoms with Gasteiger partial charge in [0.05, 0.1) is 18.5 Å². The number of aryl methyl sites for hydroxylation is 1. The molecule has 0 radical (unpaired) electrons. The number of fused-ring (bicyclic) bond motifs is 1. The van der Waals surface area contributed by atoms with Gasteiger partial charge >= 0.3 is 0 Å². The van der Waals surface area contributed by atoms with Crippen molar-refractivity contribution in [3.05, 3.63) is 36.5 Å². The summed E-state index contributed by atoms with van der Waals surface area (Å²) in [5, 5.41) is 7.64. The third-order valence-electron chi connectivity index (χ3n) is 4.93. The number of nitrogens with two attached hydrogens (primary N) is 3. The molecule has 0 aliphatic heterocycles. The molecule has 0 bridgehead atoms. The van der Waals surface area contributed by atoms with Crippen LogP contribution in [0.2, 0.25) is 0 Å². The number of unbranched alkanes of at least 4 members (excludes halogenated alkanes) is 1. The molecule has 11 heteroatoms. The van der Waals surface area contributed by atoms with Crippen LogP contribution in [0.15, 0.2) is 46.2 Å². The van der Waals surface area contributed by atoms with Gasteiger partial charge in [0.25, 0.3) is 0 Å². The number of hydrogen-bond donors (Lipinski definition) is 3. The lowest BCUT2D eigenvalue weighted by Gasteiger charge is -2.11. The van der Waals surface area contributed by atoms with Crippen LogP contribution in [-0.2, 0) is 6.54 Å². The lowest BCUT2D eigenvalue weighted by atomic mass is 10.1. The van der Waals surface area contributed by atoms with Crippen molar-refractivity contribution in [1.29, 1.82) is 0 Å². The van der Waals surface area contributed by atoms with Crippen molar-refractivity contribution in [1.82, 2.24) is 24.8 Å². The predicted molar refractivity (Wildman–Crippen MR) is 122 cm³/mol. The highest BCUT2D eigenvalue weighted by molar-refractivity contribution is 5.95. The predicted octanol–water partition coefficient (Wildman–Crippen LogP) is 2.18. The van der Waals surface area contributed by atoms with E-state index in [1.165, 1.54) is 0 Å². The zero-order chi connectivity index (χ0) is 22.5. The van der Waals surface area contributed by atoms with Gasteiger partial charge in [0, 0.05) is 18.7 Å². The summed E-state index contributed by atoms with van der Waals surface area (Å²) in [6, 6.07) is 9.85. The number of nitrogens with zero attached hydrogens (tertiary/aromatic N) is 6. The van der Waals surface area contributed by atoms with Crippen molar-refractivity contribution in [2.24, 2.45) is 16.5 Å². The number of ether oxygens (including phenoxy) is 1. The zero-order valence-corrected chi connectivity index (χ0v) is 17.7. The number of anilines is 1. The molecule has 0 atom stereocenters. The monoisotopic (exact) mass is 435 g/mol. The number of pyridine rings is 1. The molecule has 3 aromatic heterocycles. The minimum absolute atomic E-state index is 0.0920. The molecule has 32 heavy (non-hydrogen) atoms. The second-order valence-electron chi connectivity index (χ2n) is 7.07. The molecular formula is C21H25N9O2. The quantitative estimate of drug-likeness (QED) is 0.202. The van der Waals surface area contributed by atoms with Crippen LogP contribution in [0.4, 0.5) is 5.82 Å². The number of guanidine groups is 1. The van der Waals surface area contributed by atoms with Gasteiger partial charge in [-0.05, 0) is 30.1 Å². The fourth-order valence-corrected chi connectivity index (χ4v) is 3.47. The van der Waals surface area contributed by atoms with E-state index in [2.05, 4.69) is 20.3 Å². The lowest BCUT2D eigenvalue weighted by molar-refractivity contribution is 0.308. The van der Waals surface area contributed by atoms with E-state index in [9.17, 15) is 0 Å². The van der Waals surface area contributed by atoms with E-state index < -0.39 is 0 Å². The summed E-state index contributed by atoms with van der Waals surface area (Å²) in [4.78, 5) is 13.5. The van der Waals surface area contributed by atoms with Crippen LogP contribution in [0.25, 0.3) is 33.8 Å². The molecule has 3 heterocycles. The molecule has 11 nitrogen and oxygen atoms in total. The van der Waals surface area contributed by atoms with E-state index in [4.69, 9.17) is 31.6 Å². The van der Waals surface area contributed by atoms with Gasteiger partial charge in [-0.15, -0.1) is 0 Å². The van der Waals surface area contributed by atoms with E-state index in [0.717, 1.165) is 29.6 Å². The van der Waals surface area contributed by atoms with Crippen LogP contribution in [0.3, 0.4) is 0 Å². The third-order valence-corrected chi connectivity index (χ3v) is 4.93. The third kappa shape index (κ3) is 4.17. The van der Waals surface area contributed by atoms with Crippen LogP contribution in [-0.4, -0.2) is 44.0 Å². The standard InChI is InChI=1S/C21H25N9O2/c1-2-30-18-14(31-11-7-6-10-25-21(23)24)12-26-15(13-8-4-3-5-9-13)16(18)27-20(30)17-19(22)29-32-28-17/h3-5,8-9,12H,2,6-7,10-11H2,1H3,(H2,22,29)(H4,23,24,25). The molecule has 0 saturated heterocycles. The summed E-state index contributed by atoms with van der Waals surface area (Å²) >= 11 is 0. The molecule has 1 aromatic carbocycles. The van der Waals surface area contributed by atoms with Gasteiger partial charge in [-0.3, -0.25) is 4.99 Å². The maximum absolute atomic E-state index is 6.10. The second-order valence-corrected chi connectivity index (χ2v) is 7.07. The van der Waals surface area contributed by atoms with E-state index >= 15 is 0 Å². The van der Waals surface area contributed by atoms with Gasteiger partial charge < -0.3 is 26.5 Å². The zero-order valence-electron chi connectivity index (χ0n) is 17.7. The van der Waals surface area contributed by atoms with Crippen LogP contribution in [0, 0.1) is 0 Å². The van der Waals surface area contributed by atoms with Crippen molar-refractivity contribution in [3.63, 3.8) is 0 Å². The van der Waals surface area contributed by atoms with Crippen molar-refractivity contribution < 1.29 is 9.37 Å². The Morgan fingerprint density at radius 1 is 1.12 bits per heavy atom. The summed E-state index contributed by atoms with van der Waals surface area (Å²) in [6.07, 6.45) is 3.31. The van der Waals surface area contributed by atoms with Gasteiger partial charge in [0.15, 0.2) is 29.0 Å². The Morgan fingerprint density at radius 2 is 1.94 bits per heavy atom. The molecule has 4 rings (SSSR count). The number of aromatic nitrogens is 5. The first kappa shape index (κ1) is 21.1. The largest absolute Gasteiger partial charge is 0.490 e. The summed E-state index contributed by atoms with van der Waals surface area (Å²) < 4.78 is 12.9. The van der Waals surface area contributed by atoms with Crippen molar-refractivity contribution >= 4 is 22.8 Å². The van der Waals surface area contributed by atoms with Crippen LogP contribution >= 0.6 is 0 Å². The van der Waals surface area contributed by atoms with E-state index in [1.807, 2.05) is 41.8 Å². The SMILES string of the molecule is CCn1c(-c2nonc2N)nc2c(-c3ccccc3)ncc(OCCCCN=C(N)N)c21. The Morgan fingerprint density at radius 3 is 2.62 bits per heavy atom. The lowest BCUT2D eigenvalue weighted by Crippen LogP contribution is -2.23. The average Bonchev–Trinajstić information content (AvgIpc) is 3.39. The molecule has 0 amide bonds. The summed E-state index contributed by atoms with van der Waals surface area (Å²) in [6.45, 7) is 3.66. The van der Waals surface area contributed by atoms with E-state index in [0.29, 0.717) is 42.5 Å². The van der Waals surface area contributed by atoms with Gasteiger partial charge in [-0.1, -0.05) is 30.3 Å². The molecule has 0 spiro atoms. The summed E-state index contributed by atoms with van der Waals surface area (Å²) in [7, 11) is 0. The molecule has 0 saturated carbocycles. The highest BCUT2D eigenvalue weighted by Crippen LogP contribution is 2.36. The van der Waals surface area contributed by atoms with Gasteiger partial charge in [-0.25, -0.2) is 14.6 Å². The minimum atomic E-state index is 0.0920. The number of nitrogen functional groups attached to an aromatic ring is 1. The number of aliphatic imine (C=N–C) groups is 1. The van der Waals surface area contributed by atoms with Crippen molar-refractivity contribution in [2.75, 3.05) is 18.9 Å². The maximum atomic E-state index is 6.10.